The molecule has 0 unspecified atom stereocenters. The fourth-order valence-electron chi connectivity index (χ4n) is 3.78. The third-order valence-corrected chi connectivity index (χ3v) is 5.09. The van der Waals surface area contributed by atoms with Crippen molar-refractivity contribution in [2.24, 2.45) is 0 Å². The molecule has 112 valence electrons. The highest BCUT2D eigenvalue weighted by Crippen LogP contribution is 2.35. The first-order valence-corrected chi connectivity index (χ1v) is 8.41. The Morgan fingerprint density at radius 1 is 1.05 bits per heavy atom. The molecule has 4 rings (SSSR count). The monoisotopic (exact) mass is 309 g/mol. The highest BCUT2D eigenvalue weighted by atomic mass is 35.5. The van der Waals surface area contributed by atoms with Gasteiger partial charge < -0.3 is 0 Å². The molecule has 0 N–H and O–H groups in total. The van der Waals surface area contributed by atoms with E-state index >= 15 is 0 Å². The molecule has 0 saturated heterocycles. The van der Waals surface area contributed by atoms with Crippen LogP contribution in [0.2, 0.25) is 5.02 Å². The molecule has 0 amide bonds. The molecule has 0 spiro atoms. The lowest BCUT2D eigenvalue weighted by atomic mass is 9.83. The zero-order valence-electron chi connectivity index (χ0n) is 12.6. The molecule has 22 heavy (non-hydrogen) atoms. The van der Waals surface area contributed by atoms with Crippen LogP contribution in [0.5, 0.6) is 0 Å². The first-order valence-electron chi connectivity index (χ1n) is 8.04. The Balaban J connectivity index is 1.60. The van der Waals surface area contributed by atoms with Crippen molar-refractivity contribution in [2.45, 2.75) is 31.8 Å². The molecule has 2 aliphatic rings. The Morgan fingerprint density at radius 2 is 1.86 bits per heavy atom. The molecule has 2 heteroatoms. The Labute approximate surface area is 137 Å². The van der Waals surface area contributed by atoms with E-state index in [9.17, 15) is 0 Å². The van der Waals surface area contributed by atoms with Crippen LogP contribution in [0.4, 0.5) is 0 Å². The van der Waals surface area contributed by atoms with Gasteiger partial charge in [-0.2, -0.15) is 0 Å². The lowest BCUT2D eigenvalue weighted by Crippen LogP contribution is -2.22. The van der Waals surface area contributed by atoms with E-state index in [1.165, 1.54) is 23.1 Å². The molecule has 1 aliphatic heterocycles. The molecule has 1 nitrogen and oxygen atoms in total. The van der Waals surface area contributed by atoms with Gasteiger partial charge in [-0.3, -0.25) is 4.90 Å². The van der Waals surface area contributed by atoms with Crippen molar-refractivity contribution >= 4 is 11.6 Å². The van der Waals surface area contributed by atoms with Gasteiger partial charge in [0.1, 0.15) is 0 Å². The van der Waals surface area contributed by atoms with Gasteiger partial charge >= 0.3 is 0 Å². The van der Waals surface area contributed by atoms with E-state index in [4.69, 9.17) is 11.6 Å². The minimum absolute atomic E-state index is 0.607. The van der Waals surface area contributed by atoms with Crippen molar-refractivity contribution in [3.05, 3.63) is 81.9 Å². The van der Waals surface area contributed by atoms with E-state index < -0.39 is 0 Å². The summed E-state index contributed by atoms with van der Waals surface area (Å²) >= 11 is 5.99. The van der Waals surface area contributed by atoms with Crippen LogP contribution in [0.15, 0.2) is 54.6 Å². The van der Waals surface area contributed by atoms with Gasteiger partial charge in [-0.25, -0.2) is 0 Å². The summed E-state index contributed by atoms with van der Waals surface area (Å²) < 4.78 is 0. The molecular weight excluding hydrogens is 290 g/mol. The van der Waals surface area contributed by atoms with Crippen LogP contribution in [0.3, 0.4) is 0 Å². The Hall–Kier alpha value is -1.57. The lowest BCUT2D eigenvalue weighted by Gasteiger charge is -2.21. The number of benzene rings is 2. The zero-order chi connectivity index (χ0) is 14.9. The normalized spacial score (nSPS) is 20.5. The summed E-state index contributed by atoms with van der Waals surface area (Å²) in [4.78, 5) is 2.56. The van der Waals surface area contributed by atoms with Gasteiger partial charge in [0.05, 0.1) is 0 Å². The Kier molecular flexibility index (Phi) is 3.77. The van der Waals surface area contributed by atoms with Gasteiger partial charge in [-0.05, 0) is 53.8 Å². The molecule has 0 bridgehead atoms. The molecule has 0 fully saturated rings. The van der Waals surface area contributed by atoms with Gasteiger partial charge in [0.25, 0.3) is 0 Å². The van der Waals surface area contributed by atoms with E-state index in [0.717, 1.165) is 31.1 Å². The molecule has 0 saturated carbocycles. The highest BCUT2D eigenvalue weighted by molar-refractivity contribution is 6.30. The summed E-state index contributed by atoms with van der Waals surface area (Å²) in [5, 5.41) is 0.811. The average Bonchev–Trinajstić information content (AvgIpc) is 2.72. The van der Waals surface area contributed by atoms with E-state index in [1.807, 2.05) is 12.1 Å². The summed E-state index contributed by atoms with van der Waals surface area (Å²) in [6, 6.07) is 15.1. The van der Waals surface area contributed by atoms with Crippen LogP contribution in [0, 0.1) is 0 Å². The first-order chi connectivity index (χ1) is 10.8. The predicted molar refractivity (Wildman–Crippen MR) is 92.2 cm³/mol. The Morgan fingerprint density at radius 3 is 2.73 bits per heavy atom. The second-order valence-electron chi connectivity index (χ2n) is 6.35. The topological polar surface area (TPSA) is 3.24 Å². The molecule has 1 aliphatic carbocycles. The van der Waals surface area contributed by atoms with E-state index in [-0.39, 0.29) is 0 Å². The van der Waals surface area contributed by atoms with Crippen molar-refractivity contribution < 1.29 is 0 Å². The van der Waals surface area contributed by atoms with Crippen molar-refractivity contribution in [1.82, 2.24) is 4.90 Å². The molecule has 2 aromatic carbocycles. The fraction of sp³-hybridized carbons (Fsp3) is 0.300. The quantitative estimate of drug-likeness (QED) is 0.710. The standard InChI is InChI=1S/C20H20ClN/c21-19-9-7-15(8-10-19)13-22-12-11-17-5-1-3-16-4-2-6-18(14-22)20(16)17/h1-2,4-10,17H,3,11-14H2/t17-/m1/s1. The van der Waals surface area contributed by atoms with E-state index in [0.29, 0.717) is 5.92 Å². The second kappa shape index (κ2) is 5.91. The third-order valence-electron chi connectivity index (χ3n) is 4.83. The maximum atomic E-state index is 5.99. The van der Waals surface area contributed by atoms with Crippen LogP contribution in [0.1, 0.15) is 34.6 Å². The molecule has 0 radical (unpaired) electrons. The summed E-state index contributed by atoms with van der Waals surface area (Å²) in [6.07, 6.45) is 7.06. The third kappa shape index (κ3) is 2.71. The van der Waals surface area contributed by atoms with Crippen molar-refractivity contribution in [2.75, 3.05) is 6.54 Å². The summed E-state index contributed by atoms with van der Waals surface area (Å²) in [7, 11) is 0. The maximum absolute atomic E-state index is 5.99. The number of rotatable bonds is 2. The second-order valence-corrected chi connectivity index (χ2v) is 6.79. The molecular formula is C20H20ClN. The fourth-order valence-corrected chi connectivity index (χ4v) is 3.90. The SMILES string of the molecule is Clc1ccc(CN2CC[C@H]3C=CCc4cccc(c43)C2)cc1. The zero-order valence-corrected chi connectivity index (χ0v) is 13.4. The minimum atomic E-state index is 0.607. The van der Waals surface area contributed by atoms with Gasteiger partial charge in [-0.1, -0.05) is 54.1 Å². The first kappa shape index (κ1) is 14.0. The predicted octanol–water partition coefficient (Wildman–Crippen LogP) is 4.94. The van der Waals surface area contributed by atoms with Crippen molar-refractivity contribution in [3.63, 3.8) is 0 Å². The molecule has 2 aromatic rings. The summed E-state index contributed by atoms with van der Waals surface area (Å²) in [5.74, 6) is 0.607. The molecule has 0 aromatic heterocycles. The van der Waals surface area contributed by atoms with Crippen LogP contribution < -0.4 is 0 Å². The van der Waals surface area contributed by atoms with E-state index in [2.05, 4.69) is 47.4 Å². The average molecular weight is 310 g/mol. The number of hydrogen-bond acceptors (Lipinski definition) is 1. The van der Waals surface area contributed by atoms with Crippen molar-refractivity contribution in [3.8, 4) is 0 Å². The van der Waals surface area contributed by atoms with Gasteiger partial charge in [0, 0.05) is 24.0 Å². The molecule has 1 atom stereocenters. The van der Waals surface area contributed by atoms with Gasteiger partial charge in [-0.15, -0.1) is 0 Å². The highest BCUT2D eigenvalue weighted by Gasteiger charge is 2.24. The number of allylic oxidation sites excluding steroid dienone is 2. The van der Waals surface area contributed by atoms with Crippen LogP contribution in [-0.4, -0.2) is 11.4 Å². The van der Waals surface area contributed by atoms with Gasteiger partial charge in [0.2, 0.25) is 0 Å². The van der Waals surface area contributed by atoms with E-state index in [1.54, 1.807) is 5.56 Å². The lowest BCUT2D eigenvalue weighted by molar-refractivity contribution is 0.259. The summed E-state index contributed by atoms with van der Waals surface area (Å²) in [5.41, 5.74) is 5.98. The molecule has 1 heterocycles. The van der Waals surface area contributed by atoms with Crippen LogP contribution in [-0.2, 0) is 19.5 Å². The number of hydrogen-bond donors (Lipinski definition) is 0. The largest absolute Gasteiger partial charge is 0.295 e. The van der Waals surface area contributed by atoms with Crippen LogP contribution >= 0.6 is 11.6 Å². The van der Waals surface area contributed by atoms with Crippen LogP contribution in [0.25, 0.3) is 0 Å². The summed E-state index contributed by atoms with van der Waals surface area (Å²) in [6.45, 7) is 3.19. The smallest absolute Gasteiger partial charge is 0.0406 e. The number of halogens is 1. The Bertz CT molecular complexity index is 702. The maximum Gasteiger partial charge on any atom is 0.0406 e. The number of nitrogens with zero attached hydrogens (tertiary/aromatic N) is 1. The van der Waals surface area contributed by atoms with Crippen molar-refractivity contribution in [1.29, 1.82) is 0 Å². The minimum Gasteiger partial charge on any atom is -0.295 e. The van der Waals surface area contributed by atoms with Gasteiger partial charge in [0.15, 0.2) is 0 Å².